The Morgan fingerprint density at radius 2 is 1.50 bits per heavy atom. The van der Waals surface area contributed by atoms with Crippen molar-refractivity contribution in [3.05, 3.63) is 101 Å². The summed E-state index contributed by atoms with van der Waals surface area (Å²) in [7, 11) is 0. The number of hydrogen-bond donors (Lipinski definition) is 2. The van der Waals surface area contributed by atoms with Gasteiger partial charge in [0.25, 0.3) is 5.91 Å². The molecular weight excluding hydrogens is 355 g/mol. The van der Waals surface area contributed by atoms with E-state index in [4.69, 9.17) is 0 Å². The third kappa shape index (κ3) is 5.27. The van der Waals surface area contributed by atoms with Crippen molar-refractivity contribution in [1.29, 1.82) is 0 Å². The van der Waals surface area contributed by atoms with Gasteiger partial charge >= 0.3 is 0 Å². The molecule has 0 unspecified atom stereocenters. The topological polar surface area (TPSA) is 58.2 Å². The minimum absolute atomic E-state index is 0.126. The summed E-state index contributed by atoms with van der Waals surface area (Å²) in [4.78, 5) is 24.8. The average Bonchev–Trinajstić information content (AvgIpc) is 2.72. The van der Waals surface area contributed by atoms with Crippen molar-refractivity contribution < 1.29 is 14.0 Å². The van der Waals surface area contributed by atoms with Crippen LogP contribution in [0.3, 0.4) is 0 Å². The van der Waals surface area contributed by atoms with Crippen molar-refractivity contribution in [3.63, 3.8) is 0 Å². The van der Waals surface area contributed by atoms with E-state index in [-0.39, 0.29) is 24.1 Å². The molecule has 28 heavy (non-hydrogen) atoms. The number of nitrogens with one attached hydrogen (secondary N) is 2. The number of aryl methyl sites for hydroxylation is 1. The van der Waals surface area contributed by atoms with E-state index < -0.39 is 0 Å². The molecule has 0 bridgehead atoms. The predicted molar refractivity (Wildman–Crippen MR) is 107 cm³/mol. The molecule has 3 aromatic rings. The third-order valence-electron chi connectivity index (χ3n) is 4.32. The summed E-state index contributed by atoms with van der Waals surface area (Å²) in [5.41, 5.74) is 2.30. The monoisotopic (exact) mass is 376 g/mol. The molecule has 0 radical (unpaired) electrons. The lowest BCUT2D eigenvalue weighted by molar-refractivity contribution is -0.116. The van der Waals surface area contributed by atoms with Gasteiger partial charge in [-0.15, -0.1) is 0 Å². The van der Waals surface area contributed by atoms with Crippen LogP contribution in [-0.4, -0.2) is 11.8 Å². The number of para-hydroxylation sites is 1. The zero-order valence-electron chi connectivity index (χ0n) is 15.3. The first-order valence-electron chi connectivity index (χ1n) is 9.08. The Bertz CT molecular complexity index is 958. The SMILES string of the molecule is O=C(CCc1ccccc1F)Nc1ccccc1C(=O)NCc1ccccc1. The molecule has 0 saturated carbocycles. The van der Waals surface area contributed by atoms with E-state index in [0.29, 0.717) is 29.8 Å². The molecule has 0 aliphatic carbocycles. The second kappa shape index (κ2) is 9.46. The number of amides is 2. The average molecular weight is 376 g/mol. The molecule has 0 aliphatic rings. The van der Waals surface area contributed by atoms with Crippen LogP contribution in [0.4, 0.5) is 10.1 Å². The molecule has 2 N–H and O–H groups in total. The summed E-state index contributed by atoms with van der Waals surface area (Å²) >= 11 is 0. The van der Waals surface area contributed by atoms with E-state index >= 15 is 0 Å². The van der Waals surface area contributed by atoms with Gasteiger partial charge in [-0.3, -0.25) is 9.59 Å². The van der Waals surface area contributed by atoms with Crippen molar-refractivity contribution >= 4 is 17.5 Å². The standard InChI is InChI=1S/C23H21FN2O2/c24-20-12-6-4-10-18(20)14-15-22(27)26-21-13-7-5-11-19(21)23(28)25-16-17-8-2-1-3-9-17/h1-13H,14-16H2,(H,25,28)(H,26,27). The van der Waals surface area contributed by atoms with Crippen LogP contribution in [0, 0.1) is 5.82 Å². The Kier molecular flexibility index (Phi) is 6.52. The van der Waals surface area contributed by atoms with Crippen molar-refractivity contribution in [2.24, 2.45) is 0 Å². The molecule has 142 valence electrons. The van der Waals surface area contributed by atoms with Crippen LogP contribution in [0.1, 0.15) is 27.9 Å². The summed E-state index contributed by atoms with van der Waals surface area (Å²) in [6.07, 6.45) is 0.418. The summed E-state index contributed by atoms with van der Waals surface area (Å²) in [6, 6.07) is 22.8. The van der Waals surface area contributed by atoms with Gasteiger partial charge in [-0.1, -0.05) is 60.7 Å². The first-order chi connectivity index (χ1) is 13.6. The lowest BCUT2D eigenvalue weighted by Crippen LogP contribution is -2.25. The smallest absolute Gasteiger partial charge is 0.253 e. The van der Waals surface area contributed by atoms with Crippen LogP contribution in [0.5, 0.6) is 0 Å². The van der Waals surface area contributed by atoms with Crippen molar-refractivity contribution in [2.45, 2.75) is 19.4 Å². The van der Waals surface area contributed by atoms with Crippen LogP contribution < -0.4 is 10.6 Å². The molecule has 5 heteroatoms. The first kappa shape index (κ1) is 19.3. The van der Waals surface area contributed by atoms with Gasteiger partial charge in [0.15, 0.2) is 0 Å². The van der Waals surface area contributed by atoms with E-state index in [1.54, 1.807) is 42.5 Å². The minimum Gasteiger partial charge on any atom is -0.348 e. The van der Waals surface area contributed by atoms with Gasteiger partial charge in [-0.05, 0) is 35.7 Å². The Morgan fingerprint density at radius 1 is 0.821 bits per heavy atom. The van der Waals surface area contributed by atoms with Gasteiger partial charge in [0, 0.05) is 13.0 Å². The Labute approximate surface area is 163 Å². The molecule has 0 spiro atoms. The molecule has 0 heterocycles. The number of halogens is 1. The van der Waals surface area contributed by atoms with Crippen molar-refractivity contribution in [2.75, 3.05) is 5.32 Å². The molecular formula is C23H21FN2O2. The molecule has 0 aliphatic heterocycles. The van der Waals surface area contributed by atoms with Crippen molar-refractivity contribution in [3.8, 4) is 0 Å². The maximum Gasteiger partial charge on any atom is 0.253 e. The Balaban J connectivity index is 1.60. The van der Waals surface area contributed by atoms with E-state index in [0.717, 1.165) is 5.56 Å². The predicted octanol–water partition coefficient (Wildman–Crippen LogP) is 4.33. The fourth-order valence-electron chi connectivity index (χ4n) is 2.83. The van der Waals surface area contributed by atoms with Crippen LogP contribution >= 0.6 is 0 Å². The van der Waals surface area contributed by atoms with Crippen LogP contribution in [0.15, 0.2) is 78.9 Å². The molecule has 3 rings (SSSR count). The first-order valence-corrected chi connectivity index (χ1v) is 9.08. The van der Waals surface area contributed by atoms with Gasteiger partial charge in [-0.25, -0.2) is 4.39 Å². The normalized spacial score (nSPS) is 10.3. The maximum absolute atomic E-state index is 13.7. The fourth-order valence-corrected chi connectivity index (χ4v) is 2.83. The van der Waals surface area contributed by atoms with Crippen LogP contribution in [0.25, 0.3) is 0 Å². The minimum atomic E-state index is -0.323. The number of carbonyl (C=O) groups excluding carboxylic acids is 2. The van der Waals surface area contributed by atoms with E-state index in [9.17, 15) is 14.0 Å². The lowest BCUT2D eigenvalue weighted by atomic mass is 10.1. The lowest BCUT2D eigenvalue weighted by Gasteiger charge is -2.12. The van der Waals surface area contributed by atoms with Crippen LogP contribution in [-0.2, 0) is 17.8 Å². The zero-order chi connectivity index (χ0) is 19.8. The number of carbonyl (C=O) groups is 2. The molecule has 0 fully saturated rings. The highest BCUT2D eigenvalue weighted by Crippen LogP contribution is 2.16. The van der Waals surface area contributed by atoms with Gasteiger partial charge < -0.3 is 10.6 Å². The Hall–Kier alpha value is -3.47. The number of hydrogen-bond acceptors (Lipinski definition) is 2. The third-order valence-corrected chi connectivity index (χ3v) is 4.32. The quantitative estimate of drug-likeness (QED) is 0.645. The fraction of sp³-hybridized carbons (Fsp3) is 0.130. The maximum atomic E-state index is 13.7. The molecule has 2 amide bonds. The molecule has 4 nitrogen and oxygen atoms in total. The number of benzene rings is 3. The van der Waals surface area contributed by atoms with Gasteiger partial charge in [0.05, 0.1) is 11.3 Å². The van der Waals surface area contributed by atoms with Crippen molar-refractivity contribution in [1.82, 2.24) is 5.32 Å². The van der Waals surface area contributed by atoms with E-state index in [1.165, 1.54) is 6.07 Å². The molecule has 0 atom stereocenters. The zero-order valence-corrected chi connectivity index (χ0v) is 15.3. The van der Waals surface area contributed by atoms with Crippen LogP contribution in [0.2, 0.25) is 0 Å². The number of rotatable bonds is 7. The Morgan fingerprint density at radius 3 is 2.29 bits per heavy atom. The molecule has 0 aromatic heterocycles. The largest absolute Gasteiger partial charge is 0.348 e. The number of anilines is 1. The summed E-state index contributed by atoms with van der Waals surface area (Å²) in [5, 5.41) is 5.61. The summed E-state index contributed by atoms with van der Waals surface area (Å²) in [6.45, 7) is 0.398. The van der Waals surface area contributed by atoms with Gasteiger partial charge in [-0.2, -0.15) is 0 Å². The van der Waals surface area contributed by atoms with Gasteiger partial charge in [0.2, 0.25) is 5.91 Å². The highest BCUT2D eigenvalue weighted by molar-refractivity contribution is 6.03. The summed E-state index contributed by atoms with van der Waals surface area (Å²) < 4.78 is 13.7. The molecule has 0 saturated heterocycles. The molecule has 3 aromatic carbocycles. The summed E-state index contributed by atoms with van der Waals surface area (Å²) in [5.74, 6) is -0.864. The second-order valence-corrected chi connectivity index (χ2v) is 6.35. The van der Waals surface area contributed by atoms with Gasteiger partial charge in [0.1, 0.15) is 5.82 Å². The highest BCUT2D eigenvalue weighted by Gasteiger charge is 2.13. The van der Waals surface area contributed by atoms with E-state index in [1.807, 2.05) is 30.3 Å². The highest BCUT2D eigenvalue weighted by atomic mass is 19.1. The second-order valence-electron chi connectivity index (χ2n) is 6.35. The van der Waals surface area contributed by atoms with E-state index in [2.05, 4.69) is 10.6 Å².